The molecule has 0 heterocycles. The van der Waals surface area contributed by atoms with Crippen LogP contribution in [0.5, 0.6) is 11.5 Å². The van der Waals surface area contributed by atoms with Gasteiger partial charge in [0.05, 0.1) is 18.2 Å². The minimum absolute atomic E-state index is 0.0563. The first kappa shape index (κ1) is 29.1. The van der Waals surface area contributed by atoms with Crippen LogP contribution in [0, 0.1) is 0 Å². The number of carbonyl (C=O) groups is 2. The molecule has 0 saturated carbocycles. The zero-order valence-electron chi connectivity index (χ0n) is 21.7. The average Bonchev–Trinajstić information content (AvgIpc) is 2.97. The van der Waals surface area contributed by atoms with E-state index in [1.54, 1.807) is 24.3 Å². The van der Waals surface area contributed by atoms with Crippen LogP contribution < -0.4 is 19.6 Å². The fourth-order valence-corrected chi connectivity index (χ4v) is 4.65. The lowest BCUT2D eigenvalue weighted by Gasteiger charge is -2.09. The predicted molar refractivity (Wildman–Crippen MR) is 158 cm³/mol. The normalized spacial score (nSPS) is 11.4. The standard InChI is InChI=1S/C30H24ClN3O6S/c1-39-28-19-22(7-17-27(28)40-29(35)18-8-21-5-3-2-4-6-21)20-32-33-30(36)23-9-13-25(14-10-23)34-41(37,38)26-15-11-24(31)12-16-26/h2-20,34H,1H3,(H,33,36)/b18-8+,32-20-. The molecule has 0 saturated heterocycles. The lowest BCUT2D eigenvalue weighted by Crippen LogP contribution is -2.18. The molecule has 4 rings (SSSR count). The summed E-state index contributed by atoms with van der Waals surface area (Å²) in [6.45, 7) is 0. The lowest BCUT2D eigenvalue weighted by molar-refractivity contribution is -0.129. The monoisotopic (exact) mass is 589 g/mol. The van der Waals surface area contributed by atoms with Crippen molar-refractivity contribution in [2.24, 2.45) is 5.10 Å². The van der Waals surface area contributed by atoms with E-state index in [4.69, 9.17) is 21.1 Å². The molecule has 0 aliphatic rings. The van der Waals surface area contributed by atoms with E-state index < -0.39 is 21.9 Å². The van der Waals surface area contributed by atoms with Gasteiger partial charge in [0.25, 0.3) is 15.9 Å². The minimum Gasteiger partial charge on any atom is -0.493 e. The number of hydrogen-bond donors (Lipinski definition) is 2. The molecule has 4 aromatic carbocycles. The molecule has 208 valence electrons. The quantitative estimate of drug-likeness (QED) is 0.0824. The van der Waals surface area contributed by atoms with Crippen LogP contribution in [0.15, 0.2) is 113 Å². The molecule has 1 amide bonds. The van der Waals surface area contributed by atoms with E-state index >= 15 is 0 Å². The van der Waals surface area contributed by atoms with Crippen LogP contribution in [0.1, 0.15) is 21.5 Å². The first-order chi connectivity index (χ1) is 19.7. The second-order valence-electron chi connectivity index (χ2n) is 8.41. The Bertz CT molecular complexity index is 1690. The first-order valence-corrected chi connectivity index (χ1v) is 13.9. The van der Waals surface area contributed by atoms with E-state index in [1.165, 1.54) is 67.9 Å². The number of amides is 1. The van der Waals surface area contributed by atoms with Gasteiger partial charge in [0.15, 0.2) is 11.5 Å². The fourth-order valence-electron chi connectivity index (χ4n) is 3.47. The van der Waals surface area contributed by atoms with Gasteiger partial charge in [-0.1, -0.05) is 41.9 Å². The van der Waals surface area contributed by atoms with Crippen LogP contribution in [0.25, 0.3) is 6.08 Å². The van der Waals surface area contributed by atoms with Crippen LogP contribution in [-0.4, -0.2) is 33.6 Å². The summed E-state index contributed by atoms with van der Waals surface area (Å²) in [4.78, 5) is 24.7. The van der Waals surface area contributed by atoms with Gasteiger partial charge in [-0.15, -0.1) is 0 Å². The molecule has 0 atom stereocenters. The molecule has 0 aliphatic heterocycles. The Morgan fingerprint density at radius 1 is 0.854 bits per heavy atom. The molecule has 0 aliphatic carbocycles. The number of halogens is 1. The van der Waals surface area contributed by atoms with Crippen LogP contribution >= 0.6 is 11.6 Å². The van der Waals surface area contributed by atoms with Crippen LogP contribution in [0.2, 0.25) is 5.02 Å². The SMILES string of the molecule is COc1cc(/C=N\NC(=O)c2ccc(NS(=O)(=O)c3ccc(Cl)cc3)cc2)ccc1OC(=O)/C=C/c1ccccc1. The summed E-state index contributed by atoms with van der Waals surface area (Å²) < 4.78 is 38.2. The molecule has 2 N–H and O–H groups in total. The highest BCUT2D eigenvalue weighted by Gasteiger charge is 2.14. The van der Waals surface area contributed by atoms with Crippen LogP contribution in [0.4, 0.5) is 5.69 Å². The fraction of sp³-hybridized carbons (Fsp3) is 0.0333. The maximum absolute atomic E-state index is 12.5. The number of hydrogen-bond acceptors (Lipinski definition) is 7. The second kappa shape index (κ2) is 13.4. The number of benzene rings is 4. The first-order valence-electron chi connectivity index (χ1n) is 12.1. The van der Waals surface area contributed by atoms with Gasteiger partial charge in [0.2, 0.25) is 0 Å². The number of hydrazone groups is 1. The largest absolute Gasteiger partial charge is 0.493 e. The summed E-state index contributed by atoms with van der Waals surface area (Å²) in [5, 5.41) is 4.38. The van der Waals surface area contributed by atoms with E-state index in [1.807, 2.05) is 30.3 Å². The highest BCUT2D eigenvalue weighted by Crippen LogP contribution is 2.28. The second-order valence-corrected chi connectivity index (χ2v) is 10.5. The Kier molecular flexibility index (Phi) is 9.51. The number of anilines is 1. The van der Waals surface area contributed by atoms with Crippen molar-refractivity contribution in [3.63, 3.8) is 0 Å². The maximum atomic E-state index is 12.5. The Labute approximate surface area is 242 Å². The van der Waals surface area contributed by atoms with Gasteiger partial charge in [-0.25, -0.2) is 18.6 Å². The molecular weight excluding hydrogens is 566 g/mol. The summed E-state index contributed by atoms with van der Waals surface area (Å²) in [6, 6.07) is 25.7. The number of carbonyl (C=O) groups excluding carboxylic acids is 2. The number of ether oxygens (including phenoxy) is 2. The van der Waals surface area contributed by atoms with Gasteiger partial charge in [-0.3, -0.25) is 9.52 Å². The Morgan fingerprint density at radius 2 is 1.56 bits per heavy atom. The Morgan fingerprint density at radius 3 is 2.24 bits per heavy atom. The van der Waals surface area contributed by atoms with E-state index in [0.29, 0.717) is 16.3 Å². The van der Waals surface area contributed by atoms with Crippen LogP contribution in [0.3, 0.4) is 0 Å². The van der Waals surface area contributed by atoms with Gasteiger partial charge in [0, 0.05) is 22.3 Å². The van der Waals surface area contributed by atoms with Crippen molar-refractivity contribution < 1.29 is 27.5 Å². The van der Waals surface area contributed by atoms with Crippen molar-refractivity contribution in [1.29, 1.82) is 0 Å². The van der Waals surface area contributed by atoms with Gasteiger partial charge < -0.3 is 9.47 Å². The number of nitrogens with one attached hydrogen (secondary N) is 2. The highest BCUT2D eigenvalue weighted by atomic mass is 35.5. The van der Waals surface area contributed by atoms with Gasteiger partial charge in [-0.05, 0) is 83.9 Å². The molecule has 0 fully saturated rings. The van der Waals surface area contributed by atoms with Crippen molar-refractivity contribution in [1.82, 2.24) is 5.43 Å². The Hall–Kier alpha value is -4.93. The number of methoxy groups -OCH3 is 1. The third-order valence-electron chi connectivity index (χ3n) is 5.51. The van der Waals surface area contributed by atoms with Gasteiger partial charge in [0.1, 0.15) is 0 Å². The summed E-state index contributed by atoms with van der Waals surface area (Å²) in [5.41, 5.74) is 4.39. The smallest absolute Gasteiger partial charge is 0.336 e. The summed E-state index contributed by atoms with van der Waals surface area (Å²) in [7, 11) is -2.37. The van der Waals surface area contributed by atoms with Crippen molar-refractivity contribution in [3.05, 3.63) is 125 Å². The lowest BCUT2D eigenvalue weighted by atomic mass is 10.2. The predicted octanol–water partition coefficient (Wildman–Crippen LogP) is 5.53. The summed E-state index contributed by atoms with van der Waals surface area (Å²) in [6.07, 6.45) is 4.36. The van der Waals surface area contributed by atoms with E-state index in [9.17, 15) is 18.0 Å². The number of rotatable bonds is 10. The average molecular weight is 590 g/mol. The topological polar surface area (TPSA) is 123 Å². The molecule has 41 heavy (non-hydrogen) atoms. The molecule has 0 spiro atoms. The zero-order valence-corrected chi connectivity index (χ0v) is 23.2. The van der Waals surface area contributed by atoms with Crippen molar-refractivity contribution in [2.45, 2.75) is 4.90 Å². The van der Waals surface area contributed by atoms with Crippen molar-refractivity contribution in [3.8, 4) is 11.5 Å². The van der Waals surface area contributed by atoms with E-state index in [-0.39, 0.29) is 21.9 Å². The van der Waals surface area contributed by atoms with Crippen molar-refractivity contribution >= 4 is 51.5 Å². The molecule has 11 heteroatoms. The molecule has 0 aromatic heterocycles. The molecular formula is C30H24ClN3O6S. The molecule has 0 unspecified atom stereocenters. The zero-order chi connectivity index (χ0) is 29.2. The number of sulfonamides is 1. The van der Waals surface area contributed by atoms with Crippen LogP contribution in [-0.2, 0) is 14.8 Å². The summed E-state index contributed by atoms with van der Waals surface area (Å²) >= 11 is 5.82. The third-order valence-corrected chi connectivity index (χ3v) is 7.16. The summed E-state index contributed by atoms with van der Waals surface area (Å²) in [5.74, 6) is -0.540. The molecule has 4 aromatic rings. The number of nitrogens with zero attached hydrogens (tertiary/aromatic N) is 1. The maximum Gasteiger partial charge on any atom is 0.336 e. The van der Waals surface area contributed by atoms with Crippen molar-refractivity contribution in [2.75, 3.05) is 11.8 Å². The molecule has 0 radical (unpaired) electrons. The van der Waals surface area contributed by atoms with E-state index in [0.717, 1.165) is 5.56 Å². The molecule has 0 bridgehead atoms. The minimum atomic E-state index is -3.81. The molecule has 9 nitrogen and oxygen atoms in total. The Balaban J connectivity index is 1.33. The third kappa shape index (κ3) is 8.28. The van der Waals surface area contributed by atoms with E-state index in [2.05, 4.69) is 15.2 Å². The van der Waals surface area contributed by atoms with Gasteiger partial charge in [-0.2, -0.15) is 5.10 Å². The highest BCUT2D eigenvalue weighted by molar-refractivity contribution is 7.92. The van der Waals surface area contributed by atoms with Gasteiger partial charge >= 0.3 is 5.97 Å². The number of esters is 1.